The van der Waals surface area contributed by atoms with Crippen LogP contribution in [-0.4, -0.2) is 37.2 Å². The first-order valence-electron chi connectivity index (χ1n) is 32.9. The fourth-order valence-corrected chi connectivity index (χ4v) is 10.3. The molecule has 0 unspecified atom stereocenters. The van der Waals surface area contributed by atoms with Gasteiger partial charge in [0, 0.05) is 19.3 Å². The van der Waals surface area contributed by atoms with E-state index < -0.39 is 6.10 Å². The predicted molar refractivity (Wildman–Crippen MR) is 312 cm³/mol. The molecule has 0 saturated heterocycles. The zero-order chi connectivity index (χ0) is 52.3. The number of carbonyl (C=O) groups excluding carboxylic acids is 3. The van der Waals surface area contributed by atoms with Crippen LogP contribution in [0.4, 0.5) is 0 Å². The largest absolute Gasteiger partial charge is 0.462 e. The van der Waals surface area contributed by atoms with E-state index in [1.54, 1.807) is 0 Å². The van der Waals surface area contributed by atoms with E-state index in [4.69, 9.17) is 14.2 Å². The summed E-state index contributed by atoms with van der Waals surface area (Å²) in [6.07, 6.45) is 68.2. The van der Waals surface area contributed by atoms with Gasteiger partial charge in [0.25, 0.3) is 0 Å². The van der Waals surface area contributed by atoms with Gasteiger partial charge in [0.15, 0.2) is 6.10 Å². The lowest BCUT2D eigenvalue weighted by atomic mass is 10.0. The summed E-state index contributed by atoms with van der Waals surface area (Å²) in [7, 11) is 0. The second-order valence-electron chi connectivity index (χ2n) is 23.2. The molecule has 0 saturated carbocycles. The molecule has 0 aromatic carbocycles. The molecular formula is C66H128O6. The Kier molecular flexibility index (Phi) is 58.9. The maximum absolute atomic E-state index is 12.9. The van der Waals surface area contributed by atoms with Crippen molar-refractivity contribution < 1.29 is 28.6 Å². The number of carbonyl (C=O) groups is 3. The normalized spacial score (nSPS) is 12.0. The minimum atomic E-state index is -0.763. The lowest BCUT2D eigenvalue weighted by Crippen LogP contribution is -2.30. The number of esters is 3. The van der Waals surface area contributed by atoms with Crippen molar-refractivity contribution in [1.29, 1.82) is 0 Å². The molecule has 0 amide bonds. The molecular weight excluding hydrogens is 889 g/mol. The zero-order valence-corrected chi connectivity index (χ0v) is 49.4. The van der Waals surface area contributed by atoms with Crippen molar-refractivity contribution in [3.8, 4) is 0 Å². The van der Waals surface area contributed by atoms with Gasteiger partial charge in [-0.25, -0.2) is 0 Å². The summed E-state index contributed by atoms with van der Waals surface area (Å²) in [5, 5.41) is 0. The standard InChI is InChI=1S/C66H128O6/c1-5-7-9-11-13-15-17-19-21-23-24-25-30-33-37-41-45-49-53-57-64(67)70-60-63(72-66(69)59-55-51-47-43-39-35-29-22-20-18-16-14-12-10-8-6-2)61-71-65(68)58-54-50-46-42-38-34-31-27-26-28-32-36-40-44-48-52-56-62(3)4/h62-63H,5-61H2,1-4H3/t63-/m1/s1. The third-order valence-corrected chi connectivity index (χ3v) is 15.3. The van der Waals surface area contributed by atoms with Crippen molar-refractivity contribution in [3.63, 3.8) is 0 Å². The van der Waals surface area contributed by atoms with Crippen LogP contribution in [-0.2, 0) is 28.6 Å². The molecule has 428 valence electrons. The first-order chi connectivity index (χ1) is 35.4. The van der Waals surface area contributed by atoms with Crippen LogP contribution >= 0.6 is 0 Å². The second kappa shape index (κ2) is 60.3. The molecule has 0 bridgehead atoms. The van der Waals surface area contributed by atoms with Crippen LogP contribution in [0.15, 0.2) is 0 Å². The molecule has 0 aromatic heterocycles. The monoisotopic (exact) mass is 1020 g/mol. The summed E-state index contributed by atoms with van der Waals surface area (Å²) < 4.78 is 17.0. The van der Waals surface area contributed by atoms with Crippen molar-refractivity contribution in [2.24, 2.45) is 5.92 Å². The Hall–Kier alpha value is -1.59. The highest BCUT2D eigenvalue weighted by atomic mass is 16.6. The Morgan fingerprint density at radius 1 is 0.264 bits per heavy atom. The molecule has 1 atom stereocenters. The quantitative estimate of drug-likeness (QED) is 0.0343. The minimum Gasteiger partial charge on any atom is -0.462 e. The first-order valence-corrected chi connectivity index (χ1v) is 32.9. The van der Waals surface area contributed by atoms with Crippen LogP contribution in [0.2, 0.25) is 0 Å². The van der Waals surface area contributed by atoms with E-state index in [-0.39, 0.29) is 31.1 Å². The van der Waals surface area contributed by atoms with Crippen molar-refractivity contribution in [2.75, 3.05) is 13.2 Å². The Balaban J connectivity index is 4.27. The average molecular weight is 1020 g/mol. The van der Waals surface area contributed by atoms with Gasteiger partial charge in [0.1, 0.15) is 13.2 Å². The Morgan fingerprint density at radius 2 is 0.458 bits per heavy atom. The summed E-state index contributed by atoms with van der Waals surface area (Å²) >= 11 is 0. The molecule has 0 aliphatic heterocycles. The van der Waals surface area contributed by atoms with E-state index in [1.165, 1.54) is 276 Å². The molecule has 0 aromatic rings. The van der Waals surface area contributed by atoms with E-state index in [2.05, 4.69) is 27.7 Å². The van der Waals surface area contributed by atoms with Gasteiger partial charge in [0.2, 0.25) is 0 Å². The molecule has 0 N–H and O–H groups in total. The molecule has 0 heterocycles. The van der Waals surface area contributed by atoms with Crippen LogP contribution in [0.25, 0.3) is 0 Å². The van der Waals surface area contributed by atoms with E-state index in [0.717, 1.165) is 63.7 Å². The van der Waals surface area contributed by atoms with Crippen LogP contribution in [0, 0.1) is 5.92 Å². The number of ether oxygens (including phenoxy) is 3. The number of unbranched alkanes of at least 4 members (excludes halogenated alkanes) is 48. The van der Waals surface area contributed by atoms with Crippen LogP contribution in [0.5, 0.6) is 0 Å². The summed E-state index contributed by atoms with van der Waals surface area (Å²) in [6.45, 7) is 9.10. The van der Waals surface area contributed by atoms with Gasteiger partial charge < -0.3 is 14.2 Å². The van der Waals surface area contributed by atoms with Crippen LogP contribution < -0.4 is 0 Å². The first kappa shape index (κ1) is 70.4. The molecule has 6 heteroatoms. The Labute approximate surface area is 450 Å². The lowest BCUT2D eigenvalue weighted by molar-refractivity contribution is -0.167. The van der Waals surface area contributed by atoms with Crippen molar-refractivity contribution >= 4 is 17.9 Å². The average Bonchev–Trinajstić information content (AvgIpc) is 3.37. The molecule has 0 rings (SSSR count). The molecule has 6 nitrogen and oxygen atoms in total. The maximum Gasteiger partial charge on any atom is 0.306 e. The summed E-state index contributed by atoms with van der Waals surface area (Å²) in [5.74, 6) is 0.0280. The van der Waals surface area contributed by atoms with Gasteiger partial charge >= 0.3 is 17.9 Å². The third-order valence-electron chi connectivity index (χ3n) is 15.3. The van der Waals surface area contributed by atoms with Gasteiger partial charge in [-0.3, -0.25) is 14.4 Å². The molecule has 0 radical (unpaired) electrons. The SMILES string of the molecule is CCCCCCCCCCCCCCCCCCCCCC(=O)OC[C@H](COC(=O)CCCCCCCCCCCCCCCCCCC(C)C)OC(=O)CCCCCCCCCCCCCCCCCC. The molecule has 0 fully saturated rings. The number of rotatable bonds is 61. The summed E-state index contributed by atoms with van der Waals surface area (Å²) in [6, 6.07) is 0. The maximum atomic E-state index is 12.9. The molecule has 0 spiro atoms. The fraction of sp³-hybridized carbons (Fsp3) is 0.955. The highest BCUT2D eigenvalue weighted by Gasteiger charge is 2.19. The summed E-state index contributed by atoms with van der Waals surface area (Å²) in [4.78, 5) is 38.3. The Morgan fingerprint density at radius 3 is 0.681 bits per heavy atom. The lowest BCUT2D eigenvalue weighted by Gasteiger charge is -2.18. The topological polar surface area (TPSA) is 78.9 Å². The van der Waals surface area contributed by atoms with Gasteiger partial charge in [-0.2, -0.15) is 0 Å². The van der Waals surface area contributed by atoms with Crippen LogP contribution in [0.3, 0.4) is 0 Å². The van der Waals surface area contributed by atoms with Gasteiger partial charge in [0.05, 0.1) is 0 Å². The van der Waals surface area contributed by atoms with Crippen molar-refractivity contribution in [2.45, 2.75) is 387 Å². The molecule has 0 aliphatic carbocycles. The van der Waals surface area contributed by atoms with Gasteiger partial charge in [-0.1, -0.05) is 342 Å². The summed E-state index contributed by atoms with van der Waals surface area (Å²) in [5.41, 5.74) is 0. The third kappa shape index (κ3) is 59.3. The van der Waals surface area contributed by atoms with Gasteiger partial charge in [-0.05, 0) is 25.2 Å². The molecule has 0 aliphatic rings. The highest BCUT2D eigenvalue weighted by molar-refractivity contribution is 5.71. The minimum absolute atomic E-state index is 0.0609. The van der Waals surface area contributed by atoms with Crippen molar-refractivity contribution in [3.05, 3.63) is 0 Å². The smallest absolute Gasteiger partial charge is 0.306 e. The fourth-order valence-electron chi connectivity index (χ4n) is 10.3. The molecule has 72 heavy (non-hydrogen) atoms. The Bertz CT molecular complexity index is 1090. The van der Waals surface area contributed by atoms with E-state index in [9.17, 15) is 14.4 Å². The van der Waals surface area contributed by atoms with E-state index in [1.807, 2.05) is 0 Å². The second-order valence-corrected chi connectivity index (χ2v) is 23.2. The van der Waals surface area contributed by atoms with E-state index >= 15 is 0 Å². The van der Waals surface area contributed by atoms with E-state index in [0.29, 0.717) is 19.3 Å². The predicted octanol–water partition coefficient (Wildman–Crippen LogP) is 22.1. The number of hydrogen-bond acceptors (Lipinski definition) is 6. The number of hydrogen-bond donors (Lipinski definition) is 0. The highest BCUT2D eigenvalue weighted by Crippen LogP contribution is 2.19. The van der Waals surface area contributed by atoms with Crippen LogP contribution in [0.1, 0.15) is 381 Å². The van der Waals surface area contributed by atoms with Gasteiger partial charge in [-0.15, -0.1) is 0 Å². The van der Waals surface area contributed by atoms with Crippen molar-refractivity contribution in [1.82, 2.24) is 0 Å². The zero-order valence-electron chi connectivity index (χ0n) is 49.4.